The highest BCUT2D eigenvalue weighted by Crippen LogP contribution is 2.32. The standard InChI is InChI=1S/C22H28Br2N4O/c1-13-6-8-28(9-7-13)21-16(5-4-14(2)27-21)12-26-22(29)15(3)17-10-18(23)20(25)19(24)11-17/h4-5,10-11,13,15H,6-9,12,25H2,1-3H3,(H,26,29). The first kappa shape index (κ1) is 22.1. The highest BCUT2D eigenvalue weighted by atomic mass is 79.9. The molecular formula is C22H28Br2N4O. The molecular weight excluding hydrogens is 496 g/mol. The lowest BCUT2D eigenvalue weighted by Gasteiger charge is -2.32. The second kappa shape index (κ2) is 9.47. The molecule has 156 valence electrons. The molecule has 3 rings (SSSR count). The van der Waals surface area contributed by atoms with Crippen molar-refractivity contribution in [3.8, 4) is 0 Å². The third-order valence-corrected chi connectivity index (χ3v) is 6.94. The topological polar surface area (TPSA) is 71.2 Å². The average molecular weight is 524 g/mol. The Morgan fingerprint density at radius 3 is 2.52 bits per heavy atom. The van der Waals surface area contributed by atoms with Crippen LogP contribution in [-0.4, -0.2) is 24.0 Å². The summed E-state index contributed by atoms with van der Waals surface area (Å²) >= 11 is 6.91. The molecule has 1 aliphatic heterocycles. The predicted molar refractivity (Wildman–Crippen MR) is 126 cm³/mol. The van der Waals surface area contributed by atoms with Gasteiger partial charge in [0.1, 0.15) is 5.82 Å². The van der Waals surface area contributed by atoms with E-state index < -0.39 is 0 Å². The Hall–Kier alpha value is -1.60. The van der Waals surface area contributed by atoms with Crippen molar-refractivity contribution in [3.63, 3.8) is 0 Å². The van der Waals surface area contributed by atoms with Gasteiger partial charge in [-0.2, -0.15) is 0 Å². The van der Waals surface area contributed by atoms with Gasteiger partial charge in [-0.3, -0.25) is 4.79 Å². The van der Waals surface area contributed by atoms with E-state index in [0.29, 0.717) is 12.2 Å². The number of pyridine rings is 1. The summed E-state index contributed by atoms with van der Waals surface area (Å²) in [7, 11) is 0. The van der Waals surface area contributed by atoms with Crippen molar-refractivity contribution in [1.82, 2.24) is 10.3 Å². The van der Waals surface area contributed by atoms with Crippen LogP contribution in [-0.2, 0) is 11.3 Å². The highest BCUT2D eigenvalue weighted by molar-refractivity contribution is 9.11. The summed E-state index contributed by atoms with van der Waals surface area (Å²) in [4.78, 5) is 20.0. The fraction of sp³-hybridized carbons (Fsp3) is 0.455. The molecule has 0 aliphatic carbocycles. The molecule has 5 nitrogen and oxygen atoms in total. The molecule has 0 saturated carbocycles. The number of carbonyl (C=O) groups excluding carboxylic acids is 1. The second-order valence-corrected chi connectivity index (χ2v) is 9.65. The molecule has 1 aliphatic rings. The molecule has 29 heavy (non-hydrogen) atoms. The van der Waals surface area contributed by atoms with Crippen LogP contribution in [0.2, 0.25) is 0 Å². The third-order valence-electron chi connectivity index (χ3n) is 5.63. The van der Waals surface area contributed by atoms with Gasteiger partial charge >= 0.3 is 0 Å². The molecule has 1 fully saturated rings. The largest absolute Gasteiger partial charge is 0.397 e. The zero-order valence-electron chi connectivity index (χ0n) is 17.1. The summed E-state index contributed by atoms with van der Waals surface area (Å²) in [5, 5.41) is 3.09. The number of anilines is 2. The van der Waals surface area contributed by atoms with Crippen LogP contribution in [0.25, 0.3) is 0 Å². The first-order valence-corrected chi connectivity index (χ1v) is 11.6. The van der Waals surface area contributed by atoms with Gasteiger partial charge in [0.25, 0.3) is 0 Å². The van der Waals surface area contributed by atoms with E-state index in [1.807, 2.05) is 32.0 Å². The number of nitrogens with one attached hydrogen (secondary N) is 1. The van der Waals surface area contributed by atoms with E-state index in [1.165, 1.54) is 12.8 Å². The van der Waals surface area contributed by atoms with Crippen LogP contribution in [0.1, 0.15) is 49.4 Å². The number of rotatable bonds is 5. The molecule has 1 aromatic carbocycles. The maximum absolute atomic E-state index is 12.8. The van der Waals surface area contributed by atoms with Gasteiger partial charge < -0.3 is 16.0 Å². The second-order valence-electron chi connectivity index (χ2n) is 7.94. The summed E-state index contributed by atoms with van der Waals surface area (Å²) in [6.45, 7) is 8.72. The molecule has 7 heteroatoms. The van der Waals surface area contributed by atoms with Gasteiger partial charge in [-0.15, -0.1) is 0 Å². The number of amides is 1. The van der Waals surface area contributed by atoms with Gasteiger partial charge in [0.15, 0.2) is 0 Å². The van der Waals surface area contributed by atoms with Crippen LogP contribution in [0.5, 0.6) is 0 Å². The quantitative estimate of drug-likeness (QED) is 0.531. The third kappa shape index (κ3) is 5.31. The molecule has 2 heterocycles. The number of benzene rings is 1. The molecule has 0 radical (unpaired) electrons. The molecule has 1 unspecified atom stereocenters. The van der Waals surface area contributed by atoms with E-state index in [-0.39, 0.29) is 11.8 Å². The van der Waals surface area contributed by atoms with Crippen molar-refractivity contribution in [2.75, 3.05) is 23.7 Å². The van der Waals surface area contributed by atoms with E-state index in [0.717, 1.165) is 50.6 Å². The number of halogens is 2. The molecule has 1 atom stereocenters. The van der Waals surface area contributed by atoms with Gasteiger partial charge in [-0.25, -0.2) is 4.98 Å². The Morgan fingerprint density at radius 1 is 1.28 bits per heavy atom. The molecule has 2 aromatic rings. The van der Waals surface area contributed by atoms with Crippen molar-refractivity contribution in [3.05, 3.63) is 50.0 Å². The van der Waals surface area contributed by atoms with Crippen molar-refractivity contribution in [2.45, 2.75) is 46.1 Å². The Kier molecular flexibility index (Phi) is 7.22. The van der Waals surface area contributed by atoms with E-state index in [9.17, 15) is 4.79 Å². The van der Waals surface area contributed by atoms with Crippen molar-refractivity contribution < 1.29 is 4.79 Å². The average Bonchev–Trinajstić information content (AvgIpc) is 2.70. The summed E-state index contributed by atoms with van der Waals surface area (Å²) in [5.74, 6) is 1.45. The lowest BCUT2D eigenvalue weighted by atomic mass is 9.98. The number of hydrogen-bond donors (Lipinski definition) is 2. The minimum Gasteiger partial charge on any atom is -0.397 e. The fourth-order valence-electron chi connectivity index (χ4n) is 3.54. The minimum absolute atomic E-state index is 0.0210. The van der Waals surface area contributed by atoms with Crippen molar-refractivity contribution in [1.29, 1.82) is 0 Å². The summed E-state index contributed by atoms with van der Waals surface area (Å²) in [6.07, 6.45) is 2.36. The summed E-state index contributed by atoms with van der Waals surface area (Å²) < 4.78 is 1.57. The maximum Gasteiger partial charge on any atom is 0.227 e. The Balaban J connectivity index is 1.71. The molecule has 0 spiro atoms. The predicted octanol–water partition coefficient (Wildman–Crippen LogP) is 5.15. The number of carbonyl (C=O) groups is 1. The number of nitrogens with two attached hydrogens (primary N) is 1. The summed E-state index contributed by atoms with van der Waals surface area (Å²) in [6, 6.07) is 7.89. The normalized spacial score (nSPS) is 16.0. The molecule has 1 amide bonds. The van der Waals surface area contributed by atoms with Crippen LogP contribution >= 0.6 is 31.9 Å². The Bertz CT molecular complexity index is 871. The number of hydrogen-bond acceptors (Lipinski definition) is 4. The lowest BCUT2D eigenvalue weighted by molar-refractivity contribution is -0.122. The van der Waals surface area contributed by atoms with Crippen molar-refractivity contribution in [2.24, 2.45) is 5.92 Å². The van der Waals surface area contributed by atoms with E-state index in [1.54, 1.807) is 0 Å². The first-order chi connectivity index (χ1) is 13.8. The fourth-order valence-corrected chi connectivity index (χ4v) is 4.77. The zero-order chi connectivity index (χ0) is 21.1. The molecule has 1 saturated heterocycles. The Morgan fingerprint density at radius 2 is 1.90 bits per heavy atom. The molecule has 3 N–H and O–H groups in total. The van der Waals surface area contributed by atoms with E-state index in [2.05, 4.69) is 55.1 Å². The monoisotopic (exact) mass is 522 g/mol. The van der Waals surface area contributed by atoms with Gasteiger partial charge in [0, 0.05) is 39.8 Å². The van der Waals surface area contributed by atoms with Gasteiger partial charge in [-0.1, -0.05) is 13.0 Å². The first-order valence-electron chi connectivity index (χ1n) is 10.00. The van der Waals surface area contributed by atoms with Gasteiger partial charge in [0.2, 0.25) is 5.91 Å². The van der Waals surface area contributed by atoms with E-state index in [4.69, 9.17) is 10.7 Å². The molecule has 0 bridgehead atoms. The van der Waals surface area contributed by atoms with Gasteiger partial charge in [0.05, 0.1) is 11.6 Å². The zero-order valence-corrected chi connectivity index (χ0v) is 20.3. The number of nitrogen functional groups attached to an aromatic ring is 1. The molecule has 1 aromatic heterocycles. The number of aromatic nitrogens is 1. The van der Waals surface area contributed by atoms with Crippen LogP contribution in [0.3, 0.4) is 0 Å². The van der Waals surface area contributed by atoms with Crippen LogP contribution in [0.4, 0.5) is 11.5 Å². The van der Waals surface area contributed by atoms with E-state index >= 15 is 0 Å². The summed E-state index contributed by atoms with van der Waals surface area (Å²) in [5.41, 5.74) is 9.56. The van der Waals surface area contributed by atoms with Gasteiger partial charge in [-0.05, 0) is 88.2 Å². The van der Waals surface area contributed by atoms with Crippen LogP contribution in [0.15, 0.2) is 33.2 Å². The highest BCUT2D eigenvalue weighted by Gasteiger charge is 2.21. The maximum atomic E-state index is 12.8. The van der Waals surface area contributed by atoms with Crippen molar-refractivity contribution >= 4 is 49.3 Å². The lowest BCUT2D eigenvalue weighted by Crippen LogP contribution is -2.35. The number of nitrogens with zero attached hydrogens (tertiary/aromatic N) is 2. The SMILES string of the molecule is Cc1ccc(CNC(=O)C(C)c2cc(Br)c(N)c(Br)c2)c(N2CCC(C)CC2)n1. The van der Waals surface area contributed by atoms with Crippen LogP contribution < -0.4 is 16.0 Å². The smallest absolute Gasteiger partial charge is 0.227 e. The van der Waals surface area contributed by atoms with Crippen LogP contribution in [0, 0.1) is 12.8 Å². The Labute approximate surface area is 189 Å². The number of aryl methyl sites for hydroxylation is 1. The minimum atomic E-state index is -0.291. The number of piperidine rings is 1.